The van der Waals surface area contributed by atoms with E-state index in [0.29, 0.717) is 11.6 Å². The number of nitrogens with two attached hydrogens (primary N) is 1. The molecule has 2 heterocycles. The van der Waals surface area contributed by atoms with Gasteiger partial charge in [-0.1, -0.05) is 0 Å². The molecule has 1 unspecified atom stereocenters. The molecule has 19 heavy (non-hydrogen) atoms. The standard InChI is InChI=1S/C11H17N3O3S2/c12-10-9(19(15,16)8-3-4-8)11(18-14-10)13-7-2-1-5-17-6-7/h7-8,13H,1-6H2,(H2,12,14). The number of aromatic nitrogens is 1. The molecule has 2 fully saturated rings. The van der Waals surface area contributed by atoms with Crippen LogP contribution < -0.4 is 11.1 Å². The Labute approximate surface area is 116 Å². The van der Waals surface area contributed by atoms with Crippen LogP contribution in [0.3, 0.4) is 0 Å². The molecule has 0 radical (unpaired) electrons. The van der Waals surface area contributed by atoms with Crippen LogP contribution in [0.5, 0.6) is 0 Å². The normalized spacial score (nSPS) is 24.3. The topological polar surface area (TPSA) is 94.3 Å². The molecule has 106 valence electrons. The molecule has 8 heteroatoms. The van der Waals surface area contributed by atoms with Crippen LogP contribution in [0, 0.1) is 0 Å². The van der Waals surface area contributed by atoms with Gasteiger partial charge in [0.25, 0.3) is 0 Å². The van der Waals surface area contributed by atoms with E-state index in [4.69, 9.17) is 10.5 Å². The lowest BCUT2D eigenvalue weighted by Crippen LogP contribution is -2.30. The van der Waals surface area contributed by atoms with Crippen LogP contribution in [0.4, 0.5) is 10.8 Å². The Balaban J connectivity index is 1.85. The van der Waals surface area contributed by atoms with Gasteiger partial charge in [-0.05, 0) is 37.2 Å². The molecule has 0 aromatic carbocycles. The Kier molecular flexibility index (Phi) is 3.40. The van der Waals surface area contributed by atoms with E-state index in [-0.39, 0.29) is 22.0 Å². The maximum atomic E-state index is 12.4. The van der Waals surface area contributed by atoms with Crippen molar-refractivity contribution in [3.05, 3.63) is 0 Å². The lowest BCUT2D eigenvalue weighted by Gasteiger charge is -2.23. The summed E-state index contributed by atoms with van der Waals surface area (Å²) in [5.41, 5.74) is 5.75. The number of hydrogen-bond acceptors (Lipinski definition) is 7. The number of rotatable bonds is 4. The Morgan fingerprint density at radius 2 is 2.16 bits per heavy atom. The average molecular weight is 303 g/mol. The van der Waals surface area contributed by atoms with Gasteiger partial charge in [-0.25, -0.2) is 8.42 Å². The summed E-state index contributed by atoms with van der Waals surface area (Å²) in [4.78, 5) is 0.200. The minimum atomic E-state index is -3.31. The zero-order chi connectivity index (χ0) is 13.5. The van der Waals surface area contributed by atoms with Gasteiger partial charge in [-0.3, -0.25) is 0 Å². The molecule has 3 N–H and O–H groups in total. The van der Waals surface area contributed by atoms with Gasteiger partial charge in [-0.2, -0.15) is 4.37 Å². The summed E-state index contributed by atoms with van der Waals surface area (Å²) in [5.74, 6) is 0.121. The van der Waals surface area contributed by atoms with Crippen molar-refractivity contribution >= 4 is 32.2 Å². The molecule has 1 aromatic heterocycles. The fourth-order valence-electron chi connectivity index (χ4n) is 2.25. The molecular weight excluding hydrogens is 286 g/mol. The Bertz CT molecular complexity index is 560. The van der Waals surface area contributed by atoms with Gasteiger partial charge in [0.1, 0.15) is 9.90 Å². The first-order valence-corrected chi connectivity index (χ1v) is 8.74. The second-order valence-corrected chi connectivity index (χ2v) is 7.97. The fourth-order valence-corrected chi connectivity index (χ4v) is 5.20. The first-order valence-electron chi connectivity index (χ1n) is 6.42. The fraction of sp³-hybridized carbons (Fsp3) is 0.727. The lowest BCUT2D eigenvalue weighted by molar-refractivity contribution is 0.0876. The first-order chi connectivity index (χ1) is 9.09. The summed E-state index contributed by atoms with van der Waals surface area (Å²) in [6.45, 7) is 1.37. The van der Waals surface area contributed by atoms with Crippen molar-refractivity contribution in [2.24, 2.45) is 0 Å². The largest absolute Gasteiger partial charge is 0.382 e. The van der Waals surface area contributed by atoms with Crippen molar-refractivity contribution in [3.8, 4) is 0 Å². The molecule has 3 rings (SSSR count). The second-order valence-electron chi connectivity index (χ2n) is 5.03. The summed E-state index contributed by atoms with van der Waals surface area (Å²) in [6.07, 6.45) is 3.41. The number of nitrogens with one attached hydrogen (secondary N) is 1. The third kappa shape index (κ3) is 2.56. The molecule has 1 aliphatic heterocycles. The maximum absolute atomic E-state index is 12.4. The highest BCUT2D eigenvalue weighted by molar-refractivity contribution is 7.92. The van der Waals surface area contributed by atoms with Crippen molar-refractivity contribution in [2.75, 3.05) is 24.3 Å². The summed E-state index contributed by atoms with van der Waals surface area (Å²) in [6, 6.07) is 0.141. The Morgan fingerprint density at radius 1 is 1.37 bits per heavy atom. The van der Waals surface area contributed by atoms with Crippen LogP contribution in [0.15, 0.2) is 4.90 Å². The molecule has 0 spiro atoms. The van der Waals surface area contributed by atoms with Gasteiger partial charge >= 0.3 is 0 Å². The van der Waals surface area contributed by atoms with Crippen LogP contribution >= 0.6 is 11.5 Å². The molecule has 1 saturated carbocycles. The van der Waals surface area contributed by atoms with Crippen molar-refractivity contribution < 1.29 is 13.2 Å². The van der Waals surface area contributed by atoms with Gasteiger partial charge in [0.2, 0.25) is 0 Å². The molecular formula is C11H17N3O3S2. The SMILES string of the molecule is Nc1nsc(NC2CCCOC2)c1S(=O)(=O)C1CC1. The predicted octanol–water partition coefficient (Wildman–Crippen LogP) is 1.25. The second kappa shape index (κ2) is 4.92. The van der Waals surface area contributed by atoms with E-state index in [1.807, 2.05) is 0 Å². The number of anilines is 2. The van der Waals surface area contributed by atoms with Crippen molar-refractivity contribution in [1.82, 2.24) is 4.37 Å². The molecule has 1 aliphatic carbocycles. The molecule has 1 saturated heterocycles. The summed E-state index contributed by atoms with van der Waals surface area (Å²) >= 11 is 1.12. The number of nitrogens with zero attached hydrogens (tertiary/aromatic N) is 1. The van der Waals surface area contributed by atoms with E-state index in [1.54, 1.807) is 0 Å². The van der Waals surface area contributed by atoms with E-state index in [9.17, 15) is 8.42 Å². The molecule has 1 atom stereocenters. The van der Waals surface area contributed by atoms with Crippen molar-refractivity contribution in [1.29, 1.82) is 0 Å². The maximum Gasteiger partial charge on any atom is 0.187 e. The van der Waals surface area contributed by atoms with Gasteiger partial charge in [0.05, 0.1) is 17.9 Å². The summed E-state index contributed by atoms with van der Waals surface area (Å²) in [5, 5.41) is 3.53. The van der Waals surface area contributed by atoms with Gasteiger partial charge in [0, 0.05) is 6.61 Å². The average Bonchev–Trinajstić information content (AvgIpc) is 3.17. The quantitative estimate of drug-likeness (QED) is 0.869. The smallest absolute Gasteiger partial charge is 0.187 e. The van der Waals surface area contributed by atoms with E-state index in [2.05, 4.69) is 9.69 Å². The Hall–Kier alpha value is -0.860. The summed E-state index contributed by atoms with van der Waals surface area (Å²) in [7, 11) is -3.31. The predicted molar refractivity (Wildman–Crippen MR) is 74.2 cm³/mol. The number of nitrogen functional groups attached to an aromatic ring is 1. The Morgan fingerprint density at radius 3 is 2.79 bits per heavy atom. The van der Waals surface area contributed by atoms with Crippen LogP contribution in [-0.2, 0) is 14.6 Å². The van der Waals surface area contributed by atoms with Crippen LogP contribution in [0.25, 0.3) is 0 Å². The lowest BCUT2D eigenvalue weighted by atomic mass is 10.1. The van der Waals surface area contributed by atoms with E-state index in [0.717, 1.165) is 43.8 Å². The zero-order valence-electron chi connectivity index (χ0n) is 10.5. The third-order valence-corrected chi connectivity index (χ3v) is 6.67. The summed E-state index contributed by atoms with van der Waals surface area (Å²) < 4.78 is 34.1. The van der Waals surface area contributed by atoms with Gasteiger partial charge < -0.3 is 15.8 Å². The zero-order valence-corrected chi connectivity index (χ0v) is 12.1. The van der Waals surface area contributed by atoms with E-state index >= 15 is 0 Å². The van der Waals surface area contributed by atoms with Crippen LogP contribution in [0.2, 0.25) is 0 Å². The molecule has 1 aromatic rings. The van der Waals surface area contributed by atoms with E-state index in [1.165, 1.54) is 0 Å². The highest BCUT2D eigenvalue weighted by Gasteiger charge is 2.41. The van der Waals surface area contributed by atoms with Crippen molar-refractivity contribution in [3.63, 3.8) is 0 Å². The van der Waals surface area contributed by atoms with E-state index < -0.39 is 9.84 Å². The molecule has 0 bridgehead atoms. The third-order valence-electron chi connectivity index (χ3n) is 3.42. The minimum absolute atomic E-state index is 0.121. The highest BCUT2D eigenvalue weighted by Crippen LogP contribution is 2.41. The van der Waals surface area contributed by atoms with Crippen molar-refractivity contribution in [2.45, 2.75) is 41.9 Å². The molecule has 2 aliphatic rings. The minimum Gasteiger partial charge on any atom is -0.382 e. The number of ether oxygens (including phenoxy) is 1. The first kappa shape index (κ1) is 13.1. The van der Waals surface area contributed by atoms with Gasteiger partial charge in [-0.15, -0.1) is 0 Å². The monoisotopic (exact) mass is 303 g/mol. The van der Waals surface area contributed by atoms with Gasteiger partial charge in [0.15, 0.2) is 15.7 Å². The highest BCUT2D eigenvalue weighted by atomic mass is 32.2. The molecule has 0 amide bonds. The number of sulfone groups is 1. The van der Waals surface area contributed by atoms with Crippen LogP contribution in [-0.4, -0.2) is 37.3 Å². The number of hydrogen-bond donors (Lipinski definition) is 2. The van der Waals surface area contributed by atoms with Crippen LogP contribution in [0.1, 0.15) is 25.7 Å². The molecule has 6 nitrogen and oxygen atoms in total.